The van der Waals surface area contributed by atoms with Gasteiger partial charge in [-0.1, -0.05) is 0 Å². The van der Waals surface area contributed by atoms with Crippen LogP contribution in [0.1, 0.15) is 25.5 Å². The van der Waals surface area contributed by atoms with Gasteiger partial charge >= 0.3 is 0 Å². The molecular weight excluding hydrogens is 294 g/mol. The fourth-order valence-corrected chi connectivity index (χ4v) is 2.43. The summed E-state index contributed by atoms with van der Waals surface area (Å²) in [6, 6.07) is 4.14. The van der Waals surface area contributed by atoms with E-state index >= 15 is 0 Å². The Balaban J connectivity index is 2.00. The molecule has 0 aliphatic carbocycles. The van der Waals surface area contributed by atoms with Crippen LogP contribution < -0.4 is 10.6 Å². The number of carbonyl (C=O) groups is 1. The van der Waals surface area contributed by atoms with Crippen molar-refractivity contribution in [2.45, 2.75) is 32.7 Å². The van der Waals surface area contributed by atoms with Gasteiger partial charge in [0.15, 0.2) is 0 Å². The lowest BCUT2D eigenvalue weighted by molar-refractivity contribution is -0.120. The molecule has 1 aromatic heterocycles. The second kappa shape index (κ2) is 5.80. The first-order valence-electron chi connectivity index (χ1n) is 6.23. The maximum absolute atomic E-state index is 12.1. The van der Waals surface area contributed by atoms with Crippen molar-refractivity contribution in [2.75, 3.05) is 11.9 Å². The van der Waals surface area contributed by atoms with E-state index in [2.05, 4.69) is 38.5 Å². The van der Waals surface area contributed by atoms with Gasteiger partial charge < -0.3 is 10.6 Å². The number of hydrogen-bond acceptors (Lipinski definition) is 3. The molecule has 1 aliphatic rings. The second-order valence-electron chi connectivity index (χ2n) is 4.83. The number of amides is 1. The van der Waals surface area contributed by atoms with E-state index in [0.717, 1.165) is 29.6 Å². The van der Waals surface area contributed by atoms with Gasteiger partial charge in [-0.2, -0.15) is 0 Å². The van der Waals surface area contributed by atoms with Crippen molar-refractivity contribution in [1.82, 2.24) is 10.3 Å². The average Bonchev–Trinajstić information content (AvgIpc) is 2.34. The minimum atomic E-state index is 0.0811. The molecule has 2 heterocycles. The third-order valence-corrected chi connectivity index (χ3v) is 4.11. The Labute approximate surface area is 116 Å². The lowest BCUT2D eigenvalue weighted by Gasteiger charge is -2.26. The van der Waals surface area contributed by atoms with Gasteiger partial charge in [0.25, 0.3) is 0 Å². The van der Waals surface area contributed by atoms with E-state index in [1.54, 1.807) is 0 Å². The van der Waals surface area contributed by atoms with Crippen molar-refractivity contribution >= 4 is 27.7 Å². The Hall–Kier alpha value is -0.940. The van der Waals surface area contributed by atoms with E-state index < -0.39 is 0 Å². The predicted octanol–water partition coefficient (Wildman–Crippen LogP) is 2.48. The number of aromatic nitrogens is 1. The number of nitrogens with zero attached hydrogens (tertiary/aromatic N) is 1. The minimum absolute atomic E-state index is 0.0811. The van der Waals surface area contributed by atoms with Gasteiger partial charge in [0.1, 0.15) is 5.82 Å². The number of anilines is 1. The predicted molar refractivity (Wildman–Crippen MR) is 75.5 cm³/mol. The summed E-state index contributed by atoms with van der Waals surface area (Å²) in [6.07, 6.45) is 1.78. The molecule has 0 radical (unpaired) electrons. The van der Waals surface area contributed by atoms with Crippen LogP contribution in [-0.4, -0.2) is 23.5 Å². The molecule has 0 spiro atoms. The lowest BCUT2D eigenvalue weighted by Crippen LogP contribution is -2.40. The first-order chi connectivity index (χ1) is 8.56. The van der Waals surface area contributed by atoms with E-state index in [1.807, 2.05) is 19.1 Å². The first-order valence-corrected chi connectivity index (χ1v) is 7.03. The van der Waals surface area contributed by atoms with Crippen molar-refractivity contribution in [3.8, 4) is 0 Å². The van der Waals surface area contributed by atoms with Crippen molar-refractivity contribution < 1.29 is 4.79 Å². The Bertz CT molecular complexity index is 450. The standard InChI is InChI=1S/C13H18BrN3O/c1-8-7-10(5-6-15-8)13(18)17-12-4-3-11(14)9(2)16-12/h3-4,8,10,15H,5-7H2,1-2H3,(H,16,17,18). The molecule has 1 amide bonds. The second-order valence-corrected chi connectivity index (χ2v) is 5.68. The molecule has 4 nitrogen and oxygen atoms in total. The van der Waals surface area contributed by atoms with E-state index in [1.165, 1.54) is 0 Å². The van der Waals surface area contributed by atoms with Gasteiger partial charge in [-0.25, -0.2) is 4.98 Å². The van der Waals surface area contributed by atoms with Crippen LogP contribution in [0.5, 0.6) is 0 Å². The largest absolute Gasteiger partial charge is 0.314 e. The van der Waals surface area contributed by atoms with E-state index in [9.17, 15) is 4.79 Å². The van der Waals surface area contributed by atoms with E-state index in [4.69, 9.17) is 0 Å². The Morgan fingerprint density at radius 3 is 3.00 bits per heavy atom. The van der Waals surface area contributed by atoms with Gasteiger partial charge in [-0.15, -0.1) is 0 Å². The van der Waals surface area contributed by atoms with Gasteiger partial charge in [-0.05, 0) is 61.3 Å². The highest BCUT2D eigenvalue weighted by Gasteiger charge is 2.24. The number of carbonyl (C=O) groups excluding carboxylic acids is 1. The molecule has 1 saturated heterocycles. The van der Waals surface area contributed by atoms with Crippen molar-refractivity contribution in [3.63, 3.8) is 0 Å². The van der Waals surface area contributed by atoms with E-state index in [0.29, 0.717) is 11.9 Å². The molecule has 5 heteroatoms. The van der Waals surface area contributed by atoms with Crippen LogP contribution in [0, 0.1) is 12.8 Å². The highest BCUT2D eigenvalue weighted by molar-refractivity contribution is 9.10. The quantitative estimate of drug-likeness (QED) is 0.882. The Morgan fingerprint density at radius 2 is 2.33 bits per heavy atom. The minimum Gasteiger partial charge on any atom is -0.314 e. The summed E-state index contributed by atoms with van der Waals surface area (Å²) in [5, 5.41) is 6.25. The highest BCUT2D eigenvalue weighted by atomic mass is 79.9. The smallest absolute Gasteiger partial charge is 0.228 e. The molecule has 1 fully saturated rings. The zero-order valence-electron chi connectivity index (χ0n) is 10.7. The molecule has 0 bridgehead atoms. The molecule has 2 unspecified atom stereocenters. The van der Waals surface area contributed by atoms with Crippen LogP contribution in [0.25, 0.3) is 0 Å². The van der Waals surface area contributed by atoms with Crippen molar-refractivity contribution in [3.05, 3.63) is 22.3 Å². The van der Waals surface area contributed by atoms with Gasteiger partial charge in [0, 0.05) is 16.4 Å². The molecule has 0 saturated carbocycles. The zero-order valence-corrected chi connectivity index (χ0v) is 12.3. The van der Waals surface area contributed by atoms with Crippen LogP contribution >= 0.6 is 15.9 Å². The highest BCUT2D eigenvalue weighted by Crippen LogP contribution is 2.20. The number of hydrogen-bond donors (Lipinski definition) is 2. The molecule has 2 atom stereocenters. The maximum atomic E-state index is 12.1. The van der Waals surface area contributed by atoms with Crippen LogP contribution in [0.15, 0.2) is 16.6 Å². The molecular formula is C13H18BrN3O. The molecule has 2 N–H and O–H groups in total. The van der Waals surface area contributed by atoms with Crippen LogP contribution in [0.3, 0.4) is 0 Å². The first kappa shape index (κ1) is 13.5. The van der Waals surface area contributed by atoms with Gasteiger partial charge in [0.2, 0.25) is 5.91 Å². The number of rotatable bonds is 2. The summed E-state index contributed by atoms with van der Waals surface area (Å²) in [4.78, 5) is 16.5. The summed E-state index contributed by atoms with van der Waals surface area (Å²) in [6.45, 7) is 4.93. The number of pyridine rings is 1. The van der Waals surface area contributed by atoms with Gasteiger partial charge in [0.05, 0.1) is 5.69 Å². The Kier molecular flexibility index (Phi) is 4.35. The molecule has 98 valence electrons. The molecule has 18 heavy (non-hydrogen) atoms. The summed E-state index contributed by atoms with van der Waals surface area (Å²) in [5.41, 5.74) is 0.881. The normalized spacial score (nSPS) is 23.7. The summed E-state index contributed by atoms with van der Waals surface area (Å²) in [5.74, 6) is 0.802. The molecule has 1 aromatic rings. The fraction of sp³-hybridized carbons (Fsp3) is 0.538. The van der Waals surface area contributed by atoms with Gasteiger partial charge in [-0.3, -0.25) is 4.79 Å². The molecule has 1 aliphatic heterocycles. The molecule has 0 aromatic carbocycles. The molecule has 2 rings (SSSR count). The van der Waals surface area contributed by atoms with Crippen LogP contribution in [0.2, 0.25) is 0 Å². The number of piperidine rings is 1. The monoisotopic (exact) mass is 311 g/mol. The maximum Gasteiger partial charge on any atom is 0.228 e. The van der Waals surface area contributed by atoms with E-state index in [-0.39, 0.29) is 11.8 Å². The van der Waals surface area contributed by atoms with Crippen LogP contribution in [0.4, 0.5) is 5.82 Å². The average molecular weight is 312 g/mol. The lowest BCUT2D eigenvalue weighted by atomic mass is 9.92. The number of halogens is 1. The summed E-state index contributed by atoms with van der Waals surface area (Å²) < 4.78 is 0.955. The Morgan fingerprint density at radius 1 is 1.56 bits per heavy atom. The third kappa shape index (κ3) is 3.29. The summed E-state index contributed by atoms with van der Waals surface area (Å²) >= 11 is 3.40. The zero-order chi connectivity index (χ0) is 13.1. The SMILES string of the molecule is Cc1nc(NC(=O)C2CCNC(C)C2)ccc1Br. The summed E-state index contributed by atoms with van der Waals surface area (Å²) in [7, 11) is 0. The fourth-order valence-electron chi connectivity index (χ4n) is 2.21. The number of aryl methyl sites for hydroxylation is 1. The van der Waals surface area contributed by atoms with Crippen LogP contribution in [-0.2, 0) is 4.79 Å². The van der Waals surface area contributed by atoms with Crippen molar-refractivity contribution in [2.24, 2.45) is 5.92 Å². The van der Waals surface area contributed by atoms with Crippen molar-refractivity contribution in [1.29, 1.82) is 0 Å². The third-order valence-electron chi connectivity index (χ3n) is 3.27. The number of nitrogens with one attached hydrogen (secondary N) is 2. The topological polar surface area (TPSA) is 54.0 Å².